The van der Waals surface area contributed by atoms with Crippen LogP contribution in [0.25, 0.3) is 0 Å². The van der Waals surface area contributed by atoms with Gasteiger partial charge in [0.1, 0.15) is 5.78 Å². The third-order valence-corrected chi connectivity index (χ3v) is 6.77. The van der Waals surface area contributed by atoms with Gasteiger partial charge >= 0.3 is 0 Å². The molecule has 0 radical (unpaired) electrons. The van der Waals surface area contributed by atoms with Crippen LogP contribution >= 0.6 is 0 Å². The fourth-order valence-corrected chi connectivity index (χ4v) is 4.98. The van der Waals surface area contributed by atoms with Crippen molar-refractivity contribution in [3.05, 3.63) is 34.9 Å². The summed E-state index contributed by atoms with van der Waals surface area (Å²) in [6.45, 7) is 4.88. The summed E-state index contributed by atoms with van der Waals surface area (Å²) in [5.74, 6) is 0.933. The third kappa shape index (κ3) is 5.01. The van der Waals surface area contributed by atoms with E-state index in [0.717, 1.165) is 69.9 Å². The van der Waals surface area contributed by atoms with Gasteiger partial charge in [0.05, 0.1) is 5.41 Å². The molecule has 2 heterocycles. The van der Waals surface area contributed by atoms with Gasteiger partial charge in [0.25, 0.3) is 0 Å². The Balaban J connectivity index is 1.75. The molecule has 2 saturated heterocycles. The zero-order chi connectivity index (χ0) is 20.7. The second kappa shape index (κ2) is 10.3. The number of unbranched alkanes of at least 4 members (excludes halogenated alkanes) is 1. The van der Waals surface area contributed by atoms with Crippen molar-refractivity contribution in [1.29, 1.82) is 5.41 Å². The topological polar surface area (TPSA) is 79.2 Å². The van der Waals surface area contributed by atoms with Gasteiger partial charge in [0, 0.05) is 31.4 Å². The van der Waals surface area contributed by atoms with Crippen LogP contribution < -0.4 is 5.32 Å². The SMILES string of the molecule is CC(=O)C1(c2c(C=N)cccc2C(=O)CCCCC2CCOCC2)CCNCC1. The van der Waals surface area contributed by atoms with E-state index in [0.29, 0.717) is 30.4 Å². The summed E-state index contributed by atoms with van der Waals surface area (Å²) in [5.41, 5.74) is 1.48. The van der Waals surface area contributed by atoms with Crippen LogP contribution in [0.2, 0.25) is 0 Å². The molecular weight excluding hydrogens is 364 g/mol. The average molecular weight is 399 g/mol. The van der Waals surface area contributed by atoms with Crippen molar-refractivity contribution < 1.29 is 14.3 Å². The zero-order valence-corrected chi connectivity index (χ0v) is 17.6. The molecule has 5 nitrogen and oxygen atoms in total. The van der Waals surface area contributed by atoms with Crippen molar-refractivity contribution in [2.75, 3.05) is 26.3 Å². The van der Waals surface area contributed by atoms with Gasteiger partial charge in [-0.1, -0.05) is 31.0 Å². The molecule has 2 aliphatic rings. The molecule has 2 N–H and O–H groups in total. The first-order valence-electron chi connectivity index (χ1n) is 11.0. The molecule has 0 unspecified atom stereocenters. The van der Waals surface area contributed by atoms with Crippen molar-refractivity contribution in [2.24, 2.45) is 5.92 Å². The zero-order valence-electron chi connectivity index (χ0n) is 17.6. The van der Waals surface area contributed by atoms with Crippen LogP contribution in [-0.4, -0.2) is 44.1 Å². The summed E-state index contributed by atoms with van der Waals surface area (Å²) < 4.78 is 5.42. The Morgan fingerprint density at radius 2 is 1.93 bits per heavy atom. The fourth-order valence-electron chi connectivity index (χ4n) is 4.98. The highest BCUT2D eigenvalue weighted by molar-refractivity contribution is 6.03. The van der Waals surface area contributed by atoms with Gasteiger partial charge in [-0.3, -0.25) is 9.59 Å². The van der Waals surface area contributed by atoms with E-state index in [9.17, 15) is 9.59 Å². The summed E-state index contributed by atoms with van der Waals surface area (Å²) in [5, 5.41) is 11.2. The second-order valence-electron chi connectivity index (χ2n) is 8.53. The number of ketones is 2. The van der Waals surface area contributed by atoms with E-state index in [1.807, 2.05) is 18.2 Å². The fraction of sp³-hybridized carbons (Fsp3) is 0.625. The number of carbonyl (C=O) groups excluding carboxylic acids is 2. The summed E-state index contributed by atoms with van der Waals surface area (Å²) in [6.07, 6.45) is 8.51. The Bertz CT molecular complexity index is 732. The van der Waals surface area contributed by atoms with Gasteiger partial charge in [-0.2, -0.15) is 0 Å². The van der Waals surface area contributed by atoms with Gasteiger partial charge in [0.2, 0.25) is 0 Å². The number of hydrogen-bond donors (Lipinski definition) is 2. The maximum Gasteiger partial charge on any atom is 0.163 e. The lowest BCUT2D eigenvalue weighted by molar-refractivity contribution is -0.123. The first kappa shape index (κ1) is 21.8. The second-order valence-corrected chi connectivity index (χ2v) is 8.53. The Morgan fingerprint density at radius 1 is 1.21 bits per heavy atom. The summed E-state index contributed by atoms with van der Waals surface area (Å²) >= 11 is 0. The number of rotatable bonds is 9. The standard InChI is InChI=1S/C24H34N2O3/c1-18(27)24(11-13-26-14-12-24)23-20(17-25)6-4-7-21(23)22(28)8-3-2-5-19-9-15-29-16-10-19/h4,6-7,17,19,25-26H,2-3,5,8-16H2,1H3. The van der Waals surface area contributed by atoms with Crippen molar-refractivity contribution in [2.45, 2.75) is 63.7 Å². The van der Waals surface area contributed by atoms with E-state index >= 15 is 0 Å². The van der Waals surface area contributed by atoms with Crippen molar-refractivity contribution in [3.8, 4) is 0 Å². The predicted octanol–water partition coefficient (Wildman–Crippen LogP) is 4.06. The molecule has 0 amide bonds. The normalized spacial score (nSPS) is 19.6. The maximum atomic E-state index is 13.2. The molecule has 0 aliphatic carbocycles. The van der Waals surface area contributed by atoms with Crippen LogP contribution in [-0.2, 0) is 14.9 Å². The molecule has 2 fully saturated rings. The Hall–Kier alpha value is -1.85. The Labute approximate surface area is 174 Å². The van der Waals surface area contributed by atoms with Gasteiger partial charge < -0.3 is 15.5 Å². The third-order valence-electron chi connectivity index (χ3n) is 6.77. The minimum atomic E-state index is -0.660. The minimum absolute atomic E-state index is 0.0990. The molecule has 1 aromatic carbocycles. The molecule has 158 valence electrons. The predicted molar refractivity (Wildman–Crippen MR) is 115 cm³/mol. The van der Waals surface area contributed by atoms with Crippen molar-refractivity contribution >= 4 is 17.8 Å². The van der Waals surface area contributed by atoms with Crippen LogP contribution in [0.1, 0.15) is 79.8 Å². The van der Waals surface area contributed by atoms with E-state index in [4.69, 9.17) is 10.1 Å². The lowest BCUT2D eigenvalue weighted by Crippen LogP contribution is -2.46. The monoisotopic (exact) mass is 398 g/mol. The largest absolute Gasteiger partial charge is 0.381 e. The number of piperidine rings is 1. The van der Waals surface area contributed by atoms with Gasteiger partial charge in [-0.15, -0.1) is 0 Å². The molecule has 3 rings (SSSR count). The first-order valence-corrected chi connectivity index (χ1v) is 11.0. The van der Waals surface area contributed by atoms with Gasteiger partial charge in [0.15, 0.2) is 5.78 Å². The molecule has 0 bridgehead atoms. The smallest absolute Gasteiger partial charge is 0.163 e. The lowest BCUT2D eigenvalue weighted by Gasteiger charge is -2.38. The summed E-state index contributed by atoms with van der Waals surface area (Å²) in [7, 11) is 0. The highest BCUT2D eigenvalue weighted by atomic mass is 16.5. The van der Waals surface area contributed by atoms with E-state index in [1.165, 1.54) is 6.21 Å². The molecule has 2 aliphatic heterocycles. The number of carbonyl (C=O) groups is 2. The lowest BCUT2D eigenvalue weighted by atomic mass is 9.67. The highest BCUT2D eigenvalue weighted by Gasteiger charge is 2.42. The number of ether oxygens (including phenoxy) is 1. The van der Waals surface area contributed by atoms with Crippen LogP contribution in [0.5, 0.6) is 0 Å². The van der Waals surface area contributed by atoms with E-state index in [1.54, 1.807) is 6.92 Å². The van der Waals surface area contributed by atoms with E-state index in [2.05, 4.69) is 5.32 Å². The van der Waals surface area contributed by atoms with Crippen LogP contribution in [0, 0.1) is 11.3 Å². The van der Waals surface area contributed by atoms with E-state index < -0.39 is 5.41 Å². The summed E-state index contributed by atoms with van der Waals surface area (Å²) in [6, 6.07) is 5.56. The number of nitrogens with one attached hydrogen (secondary N) is 2. The van der Waals surface area contributed by atoms with E-state index in [-0.39, 0.29) is 11.6 Å². The molecule has 0 spiro atoms. The summed E-state index contributed by atoms with van der Waals surface area (Å²) in [4.78, 5) is 25.9. The van der Waals surface area contributed by atoms with Gasteiger partial charge in [-0.05, 0) is 69.2 Å². The van der Waals surface area contributed by atoms with Crippen molar-refractivity contribution in [1.82, 2.24) is 5.32 Å². The van der Waals surface area contributed by atoms with Crippen molar-refractivity contribution in [3.63, 3.8) is 0 Å². The molecule has 5 heteroatoms. The first-order chi connectivity index (χ1) is 14.1. The molecule has 29 heavy (non-hydrogen) atoms. The Kier molecular flexibility index (Phi) is 7.73. The number of hydrogen-bond acceptors (Lipinski definition) is 5. The highest BCUT2D eigenvalue weighted by Crippen LogP contribution is 2.39. The molecule has 0 aromatic heterocycles. The average Bonchev–Trinajstić information content (AvgIpc) is 2.77. The molecule has 0 saturated carbocycles. The Morgan fingerprint density at radius 3 is 2.59 bits per heavy atom. The van der Waals surface area contributed by atoms with Crippen LogP contribution in [0.4, 0.5) is 0 Å². The molecule has 0 atom stereocenters. The number of benzene rings is 1. The molecule has 1 aromatic rings. The number of Topliss-reactive ketones (excluding diaryl/α,β-unsaturated/α-hetero) is 2. The molecular formula is C24H34N2O3. The minimum Gasteiger partial charge on any atom is -0.381 e. The maximum absolute atomic E-state index is 13.2. The van der Waals surface area contributed by atoms with Crippen LogP contribution in [0.3, 0.4) is 0 Å². The van der Waals surface area contributed by atoms with Crippen LogP contribution in [0.15, 0.2) is 18.2 Å². The van der Waals surface area contributed by atoms with Gasteiger partial charge in [-0.25, -0.2) is 0 Å². The quantitative estimate of drug-likeness (QED) is 0.373.